The lowest BCUT2D eigenvalue weighted by atomic mass is 9.93. The zero-order valence-corrected chi connectivity index (χ0v) is 13.0. The van der Waals surface area contributed by atoms with E-state index in [1.807, 2.05) is 18.7 Å². The molecule has 0 bridgehead atoms. The number of nitrogens with zero attached hydrogens (tertiary/aromatic N) is 2. The molecular formula is C16H21BrN2. The lowest BCUT2D eigenvalue weighted by molar-refractivity contribution is 0.495. The van der Waals surface area contributed by atoms with E-state index in [4.69, 9.17) is 0 Å². The smallest absolute Gasteiger partial charge is 0.0946 e. The van der Waals surface area contributed by atoms with E-state index in [-0.39, 0.29) is 0 Å². The van der Waals surface area contributed by atoms with Crippen molar-refractivity contribution < 1.29 is 0 Å². The lowest BCUT2D eigenvalue weighted by Crippen LogP contribution is -2.09. The average molecular weight is 321 g/mol. The molecule has 2 nitrogen and oxygen atoms in total. The van der Waals surface area contributed by atoms with Gasteiger partial charge in [-0.05, 0) is 18.1 Å². The van der Waals surface area contributed by atoms with Gasteiger partial charge < -0.3 is 4.57 Å². The summed E-state index contributed by atoms with van der Waals surface area (Å²) in [5.41, 5.74) is 1.41. The molecular weight excluding hydrogens is 300 g/mol. The summed E-state index contributed by atoms with van der Waals surface area (Å²) in [5, 5.41) is 0. The summed E-state index contributed by atoms with van der Waals surface area (Å²) in [5.74, 6) is 0.552. The Morgan fingerprint density at radius 2 is 2.11 bits per heavy atom. The van der Waals surface area contributed by atoms with Crippen LogP contribution in [-0.4, -0.2) is 9.55 Å². The predicted octanol–water partition coefficient (Wildman–Crippen LogP) is 5.01. The molecule has 102 valence electrons. The van der Waals surface area contributed by atoms with Crippen LogP contribution in [0.1, 0.15) is 44.1 Å². The number of aromatic nitrogens is 2. The highest BCUT2D eigenvalue weighted by Gasteiger charge is 2.14. The van der Waals surface area contributed by atoms with Gasteiger partial charge in [0.05, 0.1) is 6.33 Å². The van der Waals surface area contributed by atoms with Gasteiger partial charge >= 0.3 is 0 Å². The maximum Gasteiger partial charge on any atom is 0.0946 e. The Labute approximate surface area is 124 Å². The molecule has 0 saturated carbocycles. The Hall–Kier alpha value is -1.09. The number of benzene rings is 1. The minimum atomic E-state index is 0.552. The van der Waals surface area contributed by atoms with Crippen LogP contribution < -0.4 is 0 Å². The first-order valence-electron chi connectivity index (χ1n) is 7.01. The third-order valence-electron chi connectivity index (χ3n) is 3.49. The molecule has 0 spiro atoms. The molecule has 3 heteroatoms. The van der Waals surface area contributed by atoms with E-state index >= 15 is 0 Å². The highest BCUT2D eigenvalue weighted by molar-refractivity contribution is 9.10. The van der Waals surface area contributed by atoms with Gasteiger partial charge in [0.2, 0.25) is 0 Å². The molecule has 0 amide bonds. The fourth-order valence-electron chi connectivity index (χ4n) is 2.44. The monoisotopic (exact) mass is 320 g/mol. The Balaban J connectivity index is 2.11. The summed E-state index contributed by atoms with van der Waals surface area (Å²) in [4.78, 5) is 4.14. The third kappa shape index (κ3) is 4.20. The largest absolute Gasteiger partial charge is 0.337 e. The number of halogens is 1. The van der Waals surface area contributed by atoms with Crippen molar-refractivity contribution in [2.75, 3.05) is 0 Å². The Bertz CT molecular complexity index is 479. The SMILES string of the molecule is CCCCC[C@@H](Cn1ccnc1)c1ccccc1Br. The number of imidazole rings is 1. The third-order valence-corrected chi connectivity index (χ3v) is 4.21. The summed E-state index contributed by atoms with van der Waals surface area (Å²) in [6.07, 6.45) is 10.9. The van der Waals surface area contributed by atoms with Crippen molar-refractivity contribution in [1.29, 1.82) is 0 Å². The Morgan fingerprint density at radius 1 is 1.26 bits per heavy atom. The molecule has 1 atom stereocenters. The van der Waals surface area contributed by atoms with Gasteiger partial charge in [-0.25, -0.2) is 4.98 Å². The van der Waals surface area contributed by atoms with Gasteiger partial charge in [0.15, 0.2) is 0 Å². The number of hydrogen-bond donors (Lipinski definition) is 0. The van der Waals surface area contributed by atoms with Crippen molar-refractivity contribution >= 4 is 15.9 Å². The number of rotatable bonds is 7. The fourth-order valence-corrected chi connectivity index (χ4v) is 3.05. The van der Waals surface area contributed by atoms with Crippen LogP contribution in [0.5, 0.6) is 0 Å². The number of unbranched alkanes of at least 4 members (excludes halogenated alkanes) is 2. The Kier molecular flexibility index (Phi) is 5.64. The summed E-state index contributed by atoms with van der Waals surface area (Å²) in [6.45, 7) is 3.26. The van der Waals surface area contributed by atoms with Gasteiger partial charge in [0, 0.05) is 29.3 Å². The van der Waals surface area contributed by atoms with E-state index < -0.39 is 0 Å². The molecule has 0 aliphatic carbocycles. The van der Waals surface area contributed by atoms with Crippen molar-refractivity contribution in [2.24, 2.45) is 0 Å². The summed E-state index contributed by atoms with van der Waals surface area (Å²) >= 11 is 3.69. The maximum absolute atomic E-state index is 4.14. The van der Waals surface area contributed by atoms with Crippen molar-refractivity contribution in [3.05, 3.63) is 53.0 Å². The molecule has 0 aliphatic heterocycles. The van der Waals surface area contributed by atoms with E-state index in [0.717, 1.165) is 6.54 Å². The second kappa shape index (κ2) is 7.49. The van der Waals surface area contributed by atoms with Crippen molar-refractivity contribution in [3.63, 3.8) is 0 Å². The molecule has 1 aromatic heterocycles. The first-order valence-corrected chi connectivity index (χ1v) is 7.80. The van der Waals surface area contributed by atoms with Crippen LogP contribution in [0, 0.1) is 0 Å². The van der Waals surface area contributed by atoms with Crippen LogP contribution in [0.2, 0.25) is 0 Å². The van der Waals surface area contributed by atoms with Crippen LogP contribution >= 0.6 is 15.9 Å². The van der Waals surface area contributed by atoms with Gasteiger partial charge in [-0.1, -0.05) is 60.3 Å². The summed E-state index contributed by atoms with van der Waals surface area (Å²) < 4.78 is 3.40. The zero-order valence-electron chi connectivity index (χ0n) is 11.4. The van der Waals surface area contributed by atoms with E-state index in [1.54, 1.807) is 0 Å². The quantitative estimate of drug-likeness (QED) is 0.656. The minimum absolute atomic E-state index is 0.552. The first kappa shape index (κ1) is 14.3. The van der Waals surface area contributed by atoms with Crippen LogP contribution in [0.4, 0.5) is 0 Å². The molecule has 19 heavy (non-hydrogen) atoms. The highest BCUT2D eigenvalue weighted by atomic mass is 79.9. The van der Waals surface area contributed by atoms with Crippen LogP contribution in [0.3, 0.4) is 0 Å². The van der Waals surface area contributed by atoms with E-state index in [2.05, 4.69) is 56.7 Å². The fraction of sp³-hybridized carbons (Fsp3) is 0.438. The highest BCUT2D eigenvalue weighted by Crippen LogP contribution is 2.30. The molecule has 1 aromatic carbocycles. The second-order valence-electron chi connectivity index (χ2n) is 4.97. The van der Waals surface area contributed by atoms with E-state index in [0.29, 0.717) is 5.92 Å². The van der Waals surface area contributed by atoms with Crippen LogP contribution in [0.25, 0.3) is 0 Å². The Morgan fingerprint density at radius 3 is 2.79 bits per heavy atom. The van der Waals surface area contributed by atoms with E-state index in [1.165, 1.54) is 35.7 Å². The molecule has 2 rings (SSSR count). The second-order valence-corrected chi connectivity index (χ2v) is 5.83. The standard InChI is InChI=1S/C16H21BrN2/c1-2-3-4-7-14(12-19-11-10-18-13-19)15-8-5-6-9-16(15)17/h5-6,8-11,13-14H,2-4,7,12H2,1H3/t14-/m0/s1. The molecule has 0 radical (unpaired) electrons. The van der Waals surface area contributed by atoms with Gasteiger partial charge in [0.25, 0.3) is 0 Å². The van der Waals surface area contributed by atoms with Crippen LogP contribution in [-0.2, 0) is 6.54 Å². The number of hydrogen-bond acceptors (Lipinski definition) is 1. The average Bonchev–Trinajstić information content (AvgIpc) is 2.91. The van der Waals surface area contributed by atoms with Gasteiger partial charge in [-0.15, -0.1) is 0 Å². The van der Waals surface area contributed by atoms with Gasteiger partial charge in [0.1, 0.15) is 0 Å². The first-order chi connectivity index (χ1) is 9.31. The zero-order chi connectivity index (χ0) is 13.5. The van der Waals surface area contributed by atoms with Crippen LogP contribution in [0.15, 0.2) is 47.5 Å². The maximum atomic E-state index is 4.14. The van der Waals surface area contributed by atoms with Crippen molar-refractivity contribution in [1.82, 2.24) is 9.55 Å². The lowest BCUT2D eigenvalue weighted by Gasteiger charge is -2.19. The van der Waals surface area contributed by atoms with Crippen molar-refractivity contribution in [3.8, 4) is 0 Å². The molecule has 2 aromatic rings. The topological polar surface area (TPSA) is 17.8 Å². The summed E-state index contributed by atoms with van der Waals surface area (Å²) in [6, 6.07) is 8.57. The predicted molar refractivity (Wildman–Crippen MR) is 83.3 cm³/mol. The molecule has 0 N–H and O–H groups in total. The van der Waals surface area contributed by atoms with Gasteiger partial charge in [-0.2, -0.15) is 0 Å². The molecule has 0 saturated heterocycles. The van der Waals surface area contributed by atoms with Crippen molar-refractivity contribution in [2.45, 2.75) is 45.1 Å². The molecule has 0 fully saturated rings. The van der Waals surface area contributed by atoms with Gasteiger partial charge in [-0.3, -0.25) is 0 Å². The summed E-state index contributed by atoms with van der Waals surface area (Å²) in [7, 11) is 0. The molecule has 0 unspecified atom stereocenters. The minimum Gasteiger partial charge on any atom is -0.337 e. The molecule has 1 heterocycles. The molecule has 0 aliphatic rings. The van der Waals surface area contributed by atoms with E-state index in [9.17, 15) is 0 Å². The normalized spacial score (nSPS) is 12.5.